The van der Waals surface area contributed by atoms with E-state index in [9.17, 15) is 22.8 Å². The van der Waals surface area contributed by atoms with E-state index in [1.54, 1.807) is 0 Å². The molecule has 0 bridgehead atoms. The molecule has 1 aromatic carbocycles. The van der Waals surface area contributed by atoms with Crippen molar-refractivity contribution in [3.63, 3.8) is 0 Å². The quantitative estimate of drug-likeness (QED) is 0.610. The van der Waals surface area contributed by atoms with Gasteiger partial charge in [-0.15, -0.1) is 0 Å². The lowest BCUT2D eigenvalue weighted by Gasteiger charge is -2.16. The Kier molecular flexibility index (Phi) is 6.11. The molecule has 2 aromatic rings. The highest BCUT2D eigenvalue weighted by Crippen LogP contribution is 2.34. The Labute approximate surface area is 156 Å². The van der Waals surface area contributed by atoms with Gasteiger partial charge in [-0.3, -0.25) is 0 Å². The second kappa shape index (κ2) is 8.12. The number of aromatic nitrogens is 2. The zero-order valence-electron chi connectivity index (χ0n) is 14.0. The maximum absolute atomic E-state index is 13.1. The first kappa shape index (κ1) is 20.3. The molecule has 0 saturated heterocycles. The molecule has 0 aliphatic carbocycles. The van der Waals surface area contributed by atoms with Crippen molar-refractivity contribution in [1.29, 1.82) is 0 Å². The molecule has 7 nitrogen and oxygen atoms in total. The number of esters is 2. The first-order valence-electron chi connectivity index (χ1n) is 7.22. The fourth-order valence-electron chi connectivity index (χ4n) is 2.02. The summed E-state index contributed by atoms with van der Waals surface area (Å²) in [7, 11) is 2.13. The second-order valence-corrected chi connectivity index (χ2v) is 5.47. The molecule has 0 aliphatic rings. The molecular formula is C16H13ClF3N3O4. The summed E-state index contributed by atoms with van der Waals surface area (Å²) in [6, 6.07) is 2.75. The number of ether oxygens (including phenoxy) is 2. The fourth-order valence-corrected chi connectivity index (χ4v) is 2.16. The summed E-state index contributed by atoms with van der Waals surface area (Å²) in [5.41, 5.74) is -1.42. The van der Waals surface area contributed by atoms with E-state index < -0.39 is 29.4 Å². The zero-order chi connectivity index (χ0) is 20.2. The molecule has 0 radical (unpaired) electrons. The number of benzene rings is 1. The molecule has 11 heteroatoms. The van der Waals surface area contributed by atoms with Gasteiger partial charge in [0, 0.05) is 6.20 Å². The van der Waals surface area contributed by atoms with Crippen LogP contribution in [0.4, 0.5) is 18.9 Å². The third-order valence-corrected chi connectivity index (χ3v) is 3.45. The number of carbonyl (C=O) groups is 2. The Hall–Kier alpha value is -3.01. The van der Waals surface area contributed by atoms with Crippen molar-refractivity contribution in [2.45, 2.75) is 6.18 Å². The Morgan fingerprint density at radius 1 is 1.26 bits per heavy atom. The number of hydrogen-bond acceptors (Lipinski definition) is 6. The standard InChI is InChI=1S/C16H13ClF3N3O4/c1-26-14(24)6-12(15(25)27-2)22-11-5-9(16(18,19)20)3-4-13(11)23-8-10(17)7-21-23/h3-8,22H,1-2H3/b12-6+. The molecule has 1 N–H and O–H groups in total. The number of rotatable bonds is 5. The predicted octanol–water partition coefficient (Wildman–Crippen LogP) is 3.19. The van der Waals surface area contributed by atoms with Crippen molar-refractivity contribution in [2.24, 2.45) is 0 Å². The minimum absolute atomic E-state index is 0.148. The van der Waals surface area contributed by atoms with Crippen LogP contribution in [-0.2, 0) is 25.2 Å². The number of nitrogens with one attached hydrogen (secondary N) is 1. The Balaban J connectivity index is 2.58. The maximum Gasteiger partial charge on any atom is 0.416 e. The predicted molar refractivity (Wildman–Crippen MR) is 89.3 cm³/mol. The summed E-state index contributed by atoms with van der Waals surface area (Å²) in [4.78, 5) is 23.3. The average molecular weight is 404 g/mol. The van der Waals surface area contributed by atoms with Gasteiger partial charge in [0.1, 0.15) is 5.70 Å². The van der Waals surface area contributed by atoms with Gasteiger partial charge in [-0.2, -0.15) is 18.3 Å². The normalized spacial score (nSPS) is 11.9. The number of methoxy groups -OCH3 is 2. The SMILES string of the molecule is COC(=O)/C=C(/Nc1cc(C(F)(F)F)ccc1-n1cc(Cl)cn1)C(=O)OC. The molecule has 0 spiro atoms. The van der Waals surface area contributed by atoms with Gasteiger partial charge in [0.15, 0.2) is 0 Å². The molecule has 1 aromatic heterocycles. The van der Waals surface area contributed by atoms with Crippen LogP contribution in [0.1, 0.15) is 5.56 Å². The summed E-state index contributed by atoms with van der Waals surface area (Å²) < 4.78 is 49.4. The molecule has 0 atom stereocenters. The molecular weight excluding hydrogens is 391 g/mol. The smallest absolute Gasteiger partial charge is 0.416 e. The molecule has 1 heterocycles. The first-order chi connectivity index (χ1) is 12.7. The van der Waals surface area contributed by atoms with Crippen molar-refractivity contribution in [3.8, 4) is 5.69 Å². The van der Waals surface area contributed by atoms with E-state index >= 15 is 0 Å². The number of alkyl halides is 3. The number of hydrogen-bond donors (Lipinski definition) is 1. The summed E-state index contributed by atoms with van der Waals surface area (Å²) in [6.45, 7) is 0. The lowest BCUT2D eigenvalue weighted by Crippen LogP contribution is -2.17. The van der Waals surface area contributed by atoms with Gasteiger partial charge in [-0.1, -0.05) is 11.6 Å². The highest BCUT2D eigenvalue weighted by Gasteiger charge is 2.31. The van der Waals surface area contributed by atoms with Gasteiger partial charge in [0.05, 0.1) is 48.5 Å². The van der Waals surface area contributed by atoms with Gasteiger partial charge < -0.3 is 14.8 Å². The number of anilines is 1. The van der Waals surface area contributed by atoms with Crippen LogP contribution < -0.4 is 5.32 Å². The maximum atomic E-state index is 13.1. The highest BCUT2D eigenvalue weighted by atomic mass is 35.5. The topological polar surface area (TPSA) is 82.5 Å². The third kappa shape index (κ3) is 5.00. The second-order valence-electron chi connectivity index (χ2n) is 5.03. The molecule has 0 saturated carbocycles. The number of carbonyl (C=O) groups excluding carboxylic acids is 2. The Bertz CT molecular complexity index is 893. The third-order valence-electron chi connectivity index (χ3n) is 3.26. The Morgan fingerprint density at radius 3 is 2.48 bits per heavy atom. The van der Waals surface area contributed by atoms with Crippen molar-refractivity contribution in [3.05, 3.63) is 53.0 Å². The van der Waals surface area contributed by atoms with E-state index in [-0.39, 0.29) is 16.4 Å². The van der Waals surface area contributed by atoms with Crippen molar-refractivity contribution in [2.75, 3.05) is 19.5 Å². The van der Waals surface area contributed by atoms with Crippen molar-refractivity contribution in [1.82, 2.24) is 9.78 Å². The van der Waals surface area contributed by atoms with Gasteiger partial charge >= 0.3 is 18.1 Å². The van der Waals surface area contributed by atoms with E-state index in [0.717, 1.165) is 38.5 Å². The van der Waals surface area contributed by atoms with Crippen molar-refractivity contribution >= 4 is 29.2 Å². The molecule has 0 amide bonds. The molecule has 144 valence electrons. The van der Waals surface area contributed by atoms with Gasteiger partial charge in [0.25, 0.3) is 0 Å². The monoisotopic (exact) mass is 403 g/mol. The van der Waals surface area contributed by atoms with E-state index in [0.29, 0.717) is 0 Å². The lowest BCUT2D eigenvalue weighted by atomic mass is 10.1. The van der Waals surface area contributed by atoms with Crippen LogP contribution in [0.15, 0.2) is 42.4 Å². The van der Waals surface area contributed by atoms with Crippen LogP contribution in [-0.4, -0.2) is 35.9 Å². The van der Waals surface area contributed by atoms with Crippen molar-refractivity contribution < 1.29 is 32.2 Å². The molecule has 0 unspecified atom stereocenters. The van der Waals surface area contributed by atoms with Gasteiger partial charge in [0.2, 0.25) is 0 Å². The fraction of sp³-hybridized carbons (Fsp3) is 0.188. The van der Waals surface area contributed by atoms with E-state index in [1.165, 1.54) is 17.1 Å². The minimum atomic E-state index is -4.63. The minimum Gasteiger partial charge on any atom is -0.466 e. The van der Waals surface area contributed by atoms with E-state index in [4.69, 9.17) is 11.6 Å². The zero-order valence-corrected chi connectivity index (χ0v) is 14.8. The average Bonchev–Trinajstić information content (AvgIpc) is 3.05. The van der Waals surface area contributed by atoms with Crippen LogP contribution in [0.5, 0.6) is 0 Å². The first-order valence-corrected chi connectivity index (χ1v) is 7.60. The molecule has 0 fully saturated rings. The summed E-state index contributed by atoms with van der Waals surface area (Å²) >= 11 is 5.80. The summed E-state index contributed by atoms with van der Waals surface area (Å²) in [5.74, 6) is -1.89. The van der Waals surface area contributed by atoms with Crippen LogP contribution in [0, 0.1) is 0 Å². The largest absolute Gasteiger partial charge is 0.466 e. The summed E-state index contributed by atoms with van der Waals surface area (Å²) in [6.07, 6.45) is -1.23. The molecule has 2 rings (SSSR count). The van der Waals surface area contributed by atoms with Gasteiger partial charge in [-0.05, 0) is 18.2 Å². The molecule has 27 heavy (non-hydrogen) atoms. The van der Waals surface area contributed by atoms with Crippen LogP contribution in [0.25, 0.3) is 5.69 Å². The number of nitrogens with zero attached hydrogens (tertiary/aromatic N) is 2. The number of halogens is 4. The van der Waals surface area contributed by atoms with Crippen LogP contribution in [0.3, 0.4) is 0 Å². The summed E-state index contributed by atoms with van der Waals surface area (Å²) in [5, 5.41) is 6.64. The lowest BCUT2D eigenvalue weighted by molar-refractivity contribution is -0.138. The Morgan fingerprint density at radius 2 is 1.96 bits per heavy atom. The van der Waals surface area contributed by atoms with E-state index in [2.05, 4.69) is 19.9 Å². The van der Waals surface area contributed by atoms with Crippen LogP contribution >= 0.6 is 11.6 Å². The van der Waals surface area contributed by atoms with Gasteiger partial charge in [-0.25, -0.2) is 14.3 Å². The highest BCUT2D eigenvalue weighted by molar-refractivity contribution is 6.30. The van der Waals surface area contributed by atoms with E-state index in [1.807, 2.05) is 0 Å². The van der Waals surface area contributed by atoms with Crippen LogP contribution in [0.2, 0.25) is 5.02 Å². The molecule has 0 aliphatic heterocycles.